The summed E-state index contributed by atoms with van der Waals surface area (Å²) in [6, 6.07) is 79.5. The summed E-state index contributed by atoms with van der Waals surface area (Å²) in [6.07, 6.45) is 0. The molecule has 0 amide bonds. The van der Waals surface area contributed by atoms with Gasteiger partial charge in [-0.1, -0.05) is 188 Å². The molecule has 2 aromatic heterocycles. The molecule has 13 aromatic rings. The van der Waals surface area contributed by atoms with Crippen LogP contribution in [0.1, 0.15) is 0 Å². The number of hydrogen-bond acceptors (Lipinski definition) is 4. The highest BCUT2D eigenvalue weighted by atomic mass is 16.3. The van der Waals surface area contributed by atoms with Crippen LogP contribution in [0.15, 0.2) is 229 Å². The third kappa shape index (κ3) is 6.11. The molecule has 0 spiro atoms. The summed E-state index contributed by atoms with van der Waals surface area (Å²) in [6.45, 7) is 0. The molecule has 4 heteroatoms. The summed E-state index contributed by atoms with van der Waals surface area (Å²) in [5, 5.41) is 11.3. The van der Waals surface area contributed by atoms with Gasteiger partial charge in [0.2, 0.25) is 0 Å². The van der Waals surface area contributed by atoms with Crippen molar-refractivity contribution in [2.24, 2.45) is 0 Å². The van der Waals surface area contributed by atoms with Gasteiger partial charge in [0, 0.05) is 21.9 Å². The van der Waals surface area contributed by atoms with E-state index in [1.165, 1.54) is 38.2 Å². The number of hydrogen-bond donors (Lipinski definition) is 0. The van der Waals surface area contributed by atoms with Crippen molar-refractivity contribution in [3.8, 4) is 67.5 Å². The lowest BCUT2D eigenvalue weighted by Crippen LogP contribution is -2.01. The fourth-order valence-electron chi connectivity index (χ4n) is 9.92. The lowest BCUT2D eigenvalue weighted by atomic mass is 9.90. The van der Waals surface area contributed by atoms with E-state index in [0.717, 1.165) is 76.9 Å². The molecule has 2 heterocycles. The van der Waals surface area contributed by atoms with Crippen molar-refractivity contribution in [2.75, 3.05) is 0 Å². The maximum atomic E-state index is 6.61. The van der Waals surface area contributed by atoms with Gasteiger partial charge in [0.05, 0.1) is 5.56 Å². The number of nitrogens with zero attached hydrogens (tertiary/aromatic N) is 3. The van der Waals surface area contributed by atoms with Crippen molar-refractivity contribution in [1.82, 2.24) is 15.0 Å². The van der Waals surface area contributed by atoms with Crippen LogP contribution >= 0.6 is 0 Å². The van der Waals surface area contributed by atoms with Crippen LogP contribution in [-0.4, -0.2) is 15.0 Å². The van der Waals surface area contributed by atoms with Crippen molar-refractivity contribution >= 4 is 65.0 Å². The Labute approximate surface area is 374 Å². The summed E-state index contributed by atoms with van der Waals surface area (Å²) < 4.78 is 6.61. The van der Waals surface area contributed by atoms with Crippen LogP contribution in [0, 0.1) is 0 Å². The molecule has 0 saturated heterocycles. The standard InChI is InChI=1S/C61H37N3O/c1-2-16-39(17-3-1)56-37-41(36-40-19-5-7-22-43(40)56)44-32-34-53(48-25-10-8-23-45(44)48)59-62-60(64-61(63-59)55-30-15-29-52-51-27-12-13-31-57(51)65-58(52)55)54-35-33-50(47-24-9-11-26-49(47)54)46-28-14-20-38-18-4-6-21-42(38)46/h1-37H. The van der Waals surface area contributed by atoms with Crippen LogP contribution in [0.3, 0.4) is 0 Å². The van der Waals surface area contributed by atoms with Gasteiger partial charge in [-0.15, -0.1) is 0 Å². The fourth-order valence-corrected chi connectivity index (χ4v) is 9.92. The number of benzene rings is 11. The molecule has 0 bridgehead atoms. The van der Waals surface area contributed by atoms with E-state index >= 15 is 0 Å². The SMILES string of the molecule is c1ccc(-c2cc(-c3ccc(-c4nc(-c5ccc(-c6cccc7ccccc67)c6ccccc56)nc(-c5cccc6c5oc5ccccc56)n4)c4ccccc34)cc3ccccc23)cc1. The molecule has 11 aromatic carbocycles. The monoisotopic (exact) mass is 827 g/mol. The van der Waals surface area contributed by atoms with Gasteiger partial charge in [-0.3, -0.25) is 0 Å². The zero-order chi connectivity index (χ0) is 42.8. The van der Waals surface area contributed by atoms with Gasteiger partial charge in [0.15, 0.2) is 17.5 Å². The minimum absolute atomic E-state index is 0.548. The first-order valence-corrected chi connectivity index (χ1v) is 22.0. The van der Waals surface area contributed by atoms with E-state index in [9.17, 15) is 0 Å². The van der Waals surface area contributed by atoms with Gasteiger partial charge in [0.25, 0.3) is 0 Å². The second-order valence-electron chi connectivity index (χ2n) is 16.6. The van der Waals surface area contributed by atoms with Crippen molar-refractivity contribution in [3.05, 3.63) is 224 Å². The van der Waals surface area contributed by atoms with E-state index in [-0.39, 0.29) is 0 Å². The maximum absolute atomic E-state index is 6.61. The minimum Gasteiger partial charge on any atom is -0.455 e. The molecule has 13 rings (SSSR count). The zero-order valence-corrected chi connectivity index (χ0v) is 35.1. The summed E-state index contributed by atoms with van der Waals surface area (Å²) >= 11 is 0. The van der Waals surface area contributed by atoms with Gasteiger partial charge in [-0.25, -0.2) is 15.0 Å². The van der Waals surface area contributed by atoms with Crippen molar-refractivity contribution in [3.63, 3.8) is 0 Å². The van der Waals surface area contributed by atoms with Gasteiger partial charge < -0.3 is 4.42 Å². The maximum Gasteiger partial charge on any atom is 0.167 e. The minimum atomic E-state index is 0.548. The smallest absolute Gasteiger partial charge is 0.167 e. The molecule has 0 unspecified atom stereocenters. The molecule has 0 fully saturated rings. The van der Waals surface area contributed by atoms with Gasteiger partial charge in [-0.05, 0) is 113 Å². The first-order valence-electron chi connectivity index (χ1n) is 22.0. The van der Waals surface area contributed by atoms with E-state index in [1.807, 2.05) is 18.2 Å². The number of para-hydroxylation sites is 2. The summed E-state index contributed by atoms with van der Waals surface area (Å²) in [4.78, 5) is 16.1. The molecule has 4 nitrogen and oxygen atoms in total. The Kier molecular flexibility index (Phi) is 8.50. The molecule has 0 aliphatic carbocycles. The Morgan fingerprint density at radius 1 is 0.246 bits per heavy atom. The highest BCUT2D eigenvalue weighted by Gasteiger charge is 2.21. The number of aromatic nitrogens is 3. The molecule has 0 atom stereocenters. The Bertz CT molecular complexity index is 4010. The lowest BCUT2D eigenvalue weighted by molar-refractivity contribution is 0.669. The second kappa shape index (κ2) is 15.0. The Morgan fingerprint density at radius 3 is 1.40 bits per heavy atom. The fraction of sp³-hybridized carbons (Fsp3) is 0. The number of furan rings is 1. The van der Waals surface area contributed by atoms with Gasteiger partial charge >= 0.3 is 0 Å². The Balaban J connectivity index is 1.04. The topological polar surface area (TPSA) is 51.8 Å². The number of fused-ring (bicyclic) bond motifs is 7. The zero-order valence-electron chi connectivity index (χ0n) is 35.1. The van der Waals surface area contributed by atoms with Crippen LogP contribution in [-0.2, 0) is 0 Å². The van der Waals surface area contributed by atoms with E-state index in [0.29, 0.717) is 17.5 Å². The van der Waals surface area contributed by atoms with E-state index < -0.39 is 0 Å². The van der Waals surface area contributed by atoms with Crippen LogP contribution in [0.25, 0.3) is 133 Å². The van der Waals surface area contributed by atoms with Crippen molar-refractivity contribution in [2.45, 2.75) is 0 Å². The molecule has 0 saturated carbocycles. The number of rotatable bonds is 6. The first kappa shape index (κ1) is 36.9. The normalized spacial score (nSPS) is 11.7. The highest BCUT2D eigenvalue weighted by molar-refractivity contribution is 6.12. The van der Waals surface area contributed by atoms with Crippen molar-refractivity contribution in [1.29, 1.82) is 0 Å². The van der Waals surface area contributed by atoms with Crippen molar-refractivity contribution < 1.29 is 4.42 Å². The summed E-state index contributed by atoms with van der Waals surface area (Å²) in [5.74, 6) is 1.73. The van der Waals surface area contributed by atoms with Crippen LogP contribution < -0.4 is 0 Å². The van der Waals surface area contributed by atoms with E-state index in [4.69, 9.17) is 19.4 Å². The Hall–Kier alpha value is -8.73. The summed E-state index contributed by atoms with van der Waals surface area (Å²) in [5.41, 5.74) is 11.3. The molecule has 0 aliphatic rings. The van der Waals surface area contributed by atoms with Gasteiger partial charge in [-0.2, -0.15) is 0 Å². The molecule has 0 radical (unpaired) electrons. The van der Waals surface area contributed by atoms with Crippen LogP contribution in [0.4, 0.5) is 0 Å². The largest absolute Gasteiger partial charge is 0.455 e. The van der Waals surface area contributed by atoms with Crippen LogP contribution in [0.5, 0.6) is 0 Å². The molecular weight excluding hydrogens is 791 g/mol. The lowest BCUT2D eigenvalue weighted by Gasteiger charge is -2.16. The molecule has 302 valence electrons. The molecule has 65 heavy (non-hydrogen) atoms. The first-order chi connectivity index (χ1) is 32.2. The quantitative estimate of drug-likeness (QED) is 0.168. The molecule has 0 N–H and O–H groups in total. The van der Waals surface area contributed by atoms with Gasteiger partial charge in [0.1, 0.15) is 11.2 Å². The predicted octanol–water partition coefficient (Wildman–Crippen LogP) is 16.4. The predicted molar refractivity (Wildman–Crippen MR) is 270 cm³/mol. The third-order valence-electron chi connectivity index (χ3n) is 12.9. The van der Waals surface area contributed by atoms with Crippen LogP contribution in [0.2, 0.25) is 0 Å². The average molecular weight is 828 g/mol. The summed E-state index contributed by atoms with van der Waals surface area (Å²) in [7, 11) is 0. The average Bonchev–Trinajstić information content (AvgIpc) is 3.77. The molecule has 0 aliphatic heterocycles. The van der Waals surface area contributed by atoms with E-state index in [2.05, 4.69) is 206 Å². The second-order valence-corrected chi connectivity index (χ2v) is 16.6. The highest BCUT2D eigenvalue weighted by Crippen LogP contribution is 2.43. The Morgan fingerprint density at radius 2 is 0.692 bits per heavy atom. The molecular formula is C61H37N3O. The van der Waals surface area contributed by atoms with E-state index in [1.54, 1.807) is 0 Å². The third-order valence-corrected chi connectivity index (χ3v) is 12.9.